The van der Waals surface area contributed by atoms with E-state index in [0.29, 0.717) is 25.4 Å². The maximum Gasteiger partial charge on any atom is 0.323 e. The summed E-state index contributed by atoms with van der Waals surface area (Å²) in [4.78, 5) is 39.0. The van der Waals surface area contributed by atoms with Crippen molar-refractivity contribution in [3.63, 3.8) is 0 Å². The molecular weight excluding hydrogens is 320 g/mol. The highest BCUT2D eigenvalue weighted by Crippen LogP contribution is 2.31. The Morgan fingerprint density at radius 1 is 1.08 bits per heavy atom. The average molecular weight is 352 g/mol. The molecule has 2 aliphatic rings. The first kappa shape index (κ1) is 19.7. The third-order valence-electron chi connectivity index (χ3n) is 5.74. The van der Waals surface area contributed by atoms with E-state index in [1.807, 2.05) is 11.8 Å². The van der Waals surface area contributed by atoms with Crippen LogP contribution in [0.2, 0.25) is 0 Å². The Balaban J connectivity index is 1.89. The molecule has 1 N–H and O–H groups in total. The number of hydrogen-bond donors (Lipinski definition) is 1. The average Bonchev–Trinajstić information content (AvgIpc) is 2.93. The summed E-state index contributed by atoms with van der Waals surface area (Å²) in [5.74, 6) is -0.218. The van der Waals surface area contributed by atoms with Crippen LogP contribution in [-0.2, 0) is 14.4 Å². The van der Waals surface area contributed by atoms with Crippen LogP contribution in [-0.4, -0.2) is 58.4 Å². The minimum Gasteiger partial charge on any atom is -0.480 e. The molecule has 2 unspecified atom stereocenters. The molecule has 1 heterocycles. The Bertz CT molecular complexity index is 488. The lowest BCUT2D eigenvalue weighted by Crippen LogP contribution is -2.43. The van der Waals surface area contributed by atoms with Gasteiger partial charge in [-0.1, -0.05) is 32.6 Å². The van der Waals surface area contributed by atoms with E-state index in [1.54, 1.807) is 0 Å². The third-order valence-corrected chi connectivity index (χ3v) is 5.74. The molecule has 1 aliphatic carbocycles. The van der Waals surface area contributed by atoms with Gasteiger partial charge in [0.15, 0.2) is 0 Å². The summed E-state index contributed by atoms with van der Waals surface area (Å²) < 4.78 is 0. The van der Waals surface area contributed by atoms with Crippen molar-refractivity contribution in [2.45, 2.75) is 71.3 Å². The monoisotopic (exact) mass is 352 g/mol. The maximum atomic E-state index is 12.8. The second-order valence-electron chi connectivity index (χ2n) is 7.74. The summed E-state index contributed by atoms with van der Waals surface area (Å²) in [6.45, 7) is 4.52. The third kappa shape index (κ3) is 5.72. The van der Waals surface area contributed by atoms with Crippen molar-refractivity contribution < 1.29 is 19.5 Å². The van der Waals surface area contributed by atoms with Crippen LogP contribution >= 0.6 is 0 Å². The summed E-state index contributed by atoms with van der Waals surface area (Å²) in [5.41, 5.74) is 0. The smallest absolute Gasteiger partial charge is 0.323 e. The van der Waals surface area contributed by atoms with Gasteiger partial charge in [-0.25, -0.2) is 0 Å². The Kier molecular flexibility index (Phi) is 7.26. The van der Waals surface area contributed by atoms with Gasteiger partial charge in [-0.05, 0) is 31.6 Å². The van der Waals surface area contributed by atoms with Gasteiger partial charge in [0.05, 0.1) is 0 Å². The zero-order valence-electron chi connectivity index (χ0n) is 15.6. The summed E-state index contributed by atoms with van der Waals surface area (Å²) in [7, 11) is 0. The predicted octanol–water partition coefficient (Wildman–Crippen LogP) is 2.52. The van der Waals surface area contributed by atoms with Gasteiger partial charge in [-0.15, -0.1) is 0 Å². The molecule has 25 heavy (non-hydrogen) atoms. The van der Waals surface area contributed by atoms with Crippen molar-refractivity contribution in [1.82, 2.24) is 9.80 Å². The van der Waals surface area contributed by atoms with Crippen molar-refractivity contribution in [2.24, 2.45) is 11.8 Å². The summed E-state index contributed by atoms with van der Waals surface area (Å²) >= 11 is 0. The summed E-state index contributed by atoms with van der Waals surface area (Å²) in [5, 5.41) is 9.02. The molecule has 0 spiro atoms. The molecule has 1 saturated heterocycles. The molecule has 1 saturated carbocycles. The van der Waals surface area contributed by atoms with Crippen LogP contribution in [0.25, 0.3) is 0 Å². The second-order valence-corrected chi connectivity index (χ2v) is 7.74. The number of aliphatic carboxylic acids is 1. The molecule has 0 radical (unpaired) electrons. The number of hydrogen-bond acceptors (Lipinski definition) is 3. The molecule has 0 bridgehead atoms. The largest absolute Gasteiger partial charge is 0.480 e. The standard InChI is InChI=1S/C19H32N2O4/c1-14(12-16-6-3-4-7-16)19(25)20-10-5-8-17(9-11-20)21(15(2)22)13-18(23)24/h14,16-17H,3-13H2,1-2H3,(H,23,24). The molecule has 0 aromatic heterocycles. The normalized spacial score (nSPS) is 23.1. The number of likely N-dealkylation sites (tertiary alicyclic amines) is 1. The fourth-order valence-electron chi connectivity index (χ4n) is 4.41. The number of carboxylic acid groups (broad SMARTS) is 1. The van der Waals surface area contributed by atoms with E-state index >= 15 is 0 Å². The van der Waals surface area contributed by atoms with Crippen molar-refractivity contribution in [3.05, 3.63) is 0 Å². The molecule has 2 fully saturated rings. The minimum atomic E-state index is -0.988. The van der Waals surface area contributed by atoms with Crippen molar-refractivity contribution in [2.75, 3.05) is 19.6 Å². The van der Waals surface area contributed by atoms with Gasteiger partial charge in [0.1, 0.15) is 6.54 Å². The lowest BCUT2D eigenvalue weighted by atomic mass is 9.93. The molecule has 0 aromatic carbocycles. The van der Waals surface area contributed by atoms with E-state index in [-0.39, 0.29) is 30.3 Å². The maximum absolute atomic E-state index is 12.8. The van der Waals surface area contributed by atoms with E-state index in [9.17, 15) is 14.4 Å². The highest BCUT2D eigenvalue weighted by molar-refractivity contribution is 5.80. The summed E-state index contributed by atoms with van der Waals surface area (Å²) in [6, 6.07) is -0.0865. The van der Waals surface area contributed by atoms with E-state index in [1.165, 1.54) is 37.5 Å². The van der Waals surface area contributed by atoms with E-state index < -0.39 is 5.97 Å². The first-order valence-corrected chi connectivity index (χ1v) is 9.66. The van der Waals surface area contributed by atoms with Crippen LogP contribution < -0.4 is 0 Å². The van der Waals surface area contributed by atoms with Crippen LogP contribution in [0.3, 0.4) is 0 Å². The van der Waals surface area contributed by atoms with Gasteiger partial charge in [0, 0.05) is 32.0 Å². The first-order valence-electron chi connectivity index (χ1n) is 9.66. The molecule has 2 amide bonds. The fourth-order valence-corrected chi connectivity index (χ4v) is 4.41. The van der Waals surface area contributed by atoms with Gasteiger partial charge in [-0.3, -0.25) is 14.4 Å². The summed E-state index contributed by atoms with van der Waals surface area (Å²) in [6.07, 6.45) is 8.31. The van der Waals surface area contributed by atoms with Gasteiger partial charge >= 0.3 is 5.97 Å². The van der Waals surface area contributed by atoms with E-state index in [0.717, 1.165) is 19.3 Å². The van der Waals surface area contributed by atoms with E-state index in [4.69, 9.17) is 5.11 Å². The Labute approximate surface area is 150 Å². The van der Waals surface area contributed by atoms with Crippen LogP contribution in [0.5, 0.6) is 0 Å². The Morgan fingerprint density at radius 2 is 1.76 bits per heavy atom. The molecule has 6 heteroatoms. The highest BCUT2D eigenvalue weighted by atomic mass is 16.4. The molecule has 1 aliphatic heterocycles. The fraction of sp³-hybridized carbons (Fsp3) is 0.842. The Morgan fingerprint density at radius 3 is 2.36 bits per heavy atom. The molecule has 2 rings (SSSR count). The number of carbonyl (C=O) groups is 3. The minimum absolute atomic E-state index is 0.0579. The van der Waals surface area contributed by atoms with Crippen molar-refractivity contribution in [3.8, 4) is 0 Å². The van der Waals surface area contributed by atoms with Crippen LogP contribution in [0.4, 0.5) is 0 Å². The molecule has 6 nitrogen and oxygen atoms in total. The van der Waals surface area contributed by atoms with Crippen LogP contribution in [0.15, 0.2) is 0 Å². The number of rotatable bonds is 6. The number of carbonyl (C=O) groups excluding carboxylic acids is 2. The molecule has 0 aromatic rings. The van der Waals surface area contributed by atoms with Crippen LogP contribution in [0, 0.1) is 11.8 Å². The van der Waals surface area contributed by atoms with Gasteiger partial charge in [0.25, 0.3) is 0 Å². The lowest BCUT2D eigenvalue weighted by molar-refractivity contribution is -0.145. The topological polar surface area (TPSA) is 77.9 Å². The predicted molar refractivity (Wildman–Crippen MR) is 95.0 cm³/mol. The Hall–Kier alpha value is -1.59. The lowest BCUT2D eigenvalue weighted by Gasteiger charge is -2.29. The molecule has 2 atom stereocenters. The molecule has 142 valence electrons. The van der Waals surface area contributed by atoms with E-state index in [2.05, 4.69) is 0 Å². The van der Waals surface area contributed by atoms with Crippen molar-refractivity contribution >= 4 is 17.8 Å². The quantitative estimate of drug-likeness (QED) is 0.797. The zero-order chi connectivity index (χ0) is 18.4. The van der Waals surface area contributed by atoms with Crippen LogP contribution in [0.1, 0.15) is 65.2 Å². The van der Waals surface area contributed by atoms with Gasteiger partial charge < -0.3 is 14.9 Å². The van der Waals surface area contributed by atoms with Gasteiger partial charge in [-0.2, -0.15) is 0 Å². The molecular formula is C19H32N2O4. The number of carboxylic acids is 1. The van der Waals surface area contributed by atoms with Gasteiger partial charge in [0.2, 0.25) is 11.8 Å². The highest BCUT2D eigenvalue weighted by Gasteiger charge is 2.30. The number of amides is 2. The first-order chi connectivity index (χ1) is 11.9. The van der Waals surface area contributed by atoms with Crippen molar-refractivity contribution in [1.29, 1.82) is 0 Å². The second kappa shape index (κ2) is 9.20. The number of nitrogens with zero attached hydrogens (tertiary/aromatic N) is 2. The zero-order valence-corrected chi connectivity index (χ0v) is 15.6. The SMILES string of the molecule is CC(=O)N(CC(=O)O)C1CCCN(C(=O)C(C)CC2CCCC2)CC1.